The van der Waals surface area contributed by atoms with Crippen LogP contribution in [-0.2, 0) is 0 Å². The summed E-state index contributed by atoms with van der Waals surface area (Å²) >= 11 is 0. The maximum absolute atomic E-state index is 9.06. The third-order valence-electron chi connectivity index (χ3n) is 2.55. The number of fused-ring (bicyclic) bond motifs is 1. The second-order valence-electron chi connectivity index (χ2n) is 3.57. The molecule has 0 aliphatic carbocycles. The van der Waals surface area contributed by atoms with Crippen LogP contribution in [0.1, 0.15) is 11.7 Å². The van der Waals surface area contributed by atoms with E-state index in [1.165, 1.54) is 0 Å². The average molecular weight is 218 g/mol. The van der Waals surface area contributed by atoms with Crippen LogP contribution in [0, 0.1) is 0 Å². The zero-order valence-electron chi connectivity index (χ0n) is 9.05. The third-order valence-corrected chi connectivity index (χ3v) is 2.55. The van der Waals surface area contributed by atoms with Gasteiger partial charge in [-0.1, -0.05) is 0 Å². The molecule has 1 aromatic carbocycles. The van der Waals surface area contributed by atoms with E-state index in [0.717, 1.165) is 16.5 Å². The summed E-state index contributed by atoms with van der Waals surface area (Å²) in [6.07, 6.45) is 1.69. The minimum absolute atomic E-state index is 0.113. The van der Waals surface area contributed by atoms with Crippen LogP contribution < -0.4 is 10.5 Å². The molecule has 1 unspecified atom stereocenters. The van der Waals surface area contributed by atoms with E-state index in [1.54, 1.807) is 13.3 Å². The van der Waals surface area contributed by atoms with Gasteiger partial charge in [0.1, 0.15) is 5.75 Å². The number of rotatable bonds is 3. The van der Waals surface area contributed by atoms with Crippen molar-refractivity contribution in [1.82, 2.24) is 4.98 Å². The van der Waals surface area contributed by atoms with Crippen molar-refractivity contribution in [1.29, 1.82) is 0 Å². The Morgan fingerprint density at radius 3 is 2.94 bits per heavy atom. The third kappa shape index (κ3) is 1.85. The molecule has 16 heavy (non-hydrogen) atoms. The van der Waals surface area contributed by atoms with Gasteiger partial charge in [-0.05, 0) is 29.7 Å². The molecule has 2 rings (SSSR count). The minimum atomic E-state index is -0.447. The van der Waals surface area contributed by atoms with Crippen molar-refractivity contribution in [3.63, 3.8) is 0 Å². The van der Waals surface area contributed by atoms with Crippen molar-refractivity contribution in [3.8, 4) is 5.75 Å². The van der Waals surface area contributed by atoms with E-state index >= 15 is 0 Å². The molecule has 0 amide bonds. The van der Waals surface area contributed by atoms with Crippen molar-refractivity contribution in [2.24, 2.45) is 5.73 Å². The number of pyridine rings is 1. The van der Waals surface area contributed by atoms with Crippen LogP contribution in [0.4, 0.5) is 0 Å². The van der Waals surface area contributed by atoms with E-state index in [4.69, 9.17) is 15.6 Å². The monoisotopic (exact) mass is 218 g/mol. The Kier molecular flexibility index (Phi) is 3.03. The largest absolute Gasteiger partial charge is 0.497 e. The molecular formula is C12H14N2O2. The minimum Gasteiger partial charge on any atom is -0.497 e. The smallest absolute Gasteiger partial charge is 0.119 e. The van der Waals surface area contributed by atoms with Crippen LogP contribution in [0.15, 0.2) is 30.5 Å². The number of aromatic nitrogens is 1. The van der Waals surface area contributed by atoms with Crippen LogP contribution in [0.5, 0.6) is 5.75 Å². The van der Waals surface area contributed by atoms with E-state index in [1.807, 2.05) is 24.3 Å². The van der Waals surface area contributed by atoms with Gasteiger partial charge in [0.25, 0.3) is 0 Å². The molecule has 2 aromatic rings. The zero-order chi connectivity index (χ0) is 11.5. The van der Waals surface area contributed by atoms with Gasteiger partial charge in [0.05, 0.1) is 25.5 Å². The molecule has 1 aromatic heterocycles. The second kappa shape index (κ2) is 4.47. The van der Waals surface area contributed by atoms with Crippen LogP contribution >= 0.6 is 0 Å². The van der Waals surface area contributed by atoms with Gasteiger partial charge in [0.2, 0.25) is 0 Å². The summed E-state index contributed by atoms with van der Waals surface area (Å²) in [5.41, 5.74) is 6.50. The predicted octanol–water partition coefficient (Wildman–Crippen LogP) is 1.24. The van der Waals surface area contributed by atoms with Crippen molar-refractivity contribution >= 4 is 10.8 Å². The lowest BCUT2D eigenvalue weighted by Gasteiger charge is -2.11. The molecule has 0 fully saturated rings. The molecule has 4 nitrogen and oxygen atoms in total. The van der Waals surface area contributed by atoms with Crippen molar-refractivity contribution in [3.05, 3.63) is 36.2 Å². The lowest BCUT2D eigenvalue weighted by Crippen LogP contribution is -2.16. The standard InChI is InChI=1S/C12H14N2O2/c1-16-9-2-3-10-8(6-9)4-5-14-12(10)11(13)7-15/h2-6,11,15H,7,13H2,1H3. The first-order valence-electron chi connectivity index (χ1n) is 5.05. The summed E-state index contributed by atoms with van der Waals surface area (Å²) in [4.78, 5) is 4.21. The van der Waals surface area contributed by atoms with Gasteiger partial charge in [0, 0.05) is 11.6 Å². The van der Waals surface area contributed by atoms with Gasteiger partial charge in [0.15, 0.2) is 0 Å². The summed E-state index contributed by atoms with van der Waals surface area (Å²) < 4.78 is 5.15. The highest BCUT2D eigenvalue weighted by Crippen LogP contribution is 2.24. The number of aliphatic hydroxyl groups excluding tert-OH is 1. The van der Waals surface area contributed by atoms with Crippen LogP contribution in [0.2, 0.25) is 0 Å². The number of benzene rings is 1. The Balaban J connectivity index is 2.60. The fourth-order valence-electron chi connectivity index (χ4n) is 1.69. The van der Waals surface area contributed by atoms with Crippen molar-refractivity contribution in [2.45, 2.75) is 6.04 Å². The summed E-state index contributed by atoms with van der Waals surface area (Å²) in [7, 11) is 1.63. The van der Waals surface area contributed by atoms with E-state index in [0.29, 0.717) is 5.69 Å². The SMILES string of the molecule is COc1ccc2c(C(N)CO)nccc2c1. The highest BCUT2D eigenvalue weighted by Gasteiger charge is 2.10. The molecule has 0 aliphatic heterocycles. The van der Waals surface area contributed by atoms with Crippen LogP contribution in [0.3, 0.4) is 0 Å². The number of hydrogen-bond donors (Lipinski definition) is 2. The van der Waals surface area contributed by atoms with Gasteiger partial charge in [-0.3, -0.25) is 4.98 Å². The van der Waals surface area contributed by atoms with E-state index in [9.17, 15) is 0 Å². The van der Waals surface area contributed by atoms with Gasteiger partial charge < -0.3 is 15.6 Å². The summed E-state index contributed by atoms with van der Waals surface area (Å²) in [5.74, 6) is 0.794. The Hall–Kier alpha value is -1.65. The quantitative estimate of drug-likeness (QED) is 0.813. The summed E-state index contributed by atoms with van der Waals surface area (Å²) in [5, 5.41) is 11.0. The van der Waals surface area contributed by atoms with Gasteiger partial charge in [-0.15, -0.1) is 0 Å². The maximum Gasteiger partial charge on any atom is 0.119 e. The molecule has 0 saturated heterocycles. The highest BCUT2D eigenvalue weighted by molar-refractivity contribution is 5.86. The lowest BCUT2D eigenvalue weighted by molar-refractivity contribution is 0.266. The fraction of sp³-hybridized carbons (Fsp3) is 0.250. The average Bonchev–Trinajstić information content (AvgIpc) is 2.36. The summed E-state index contributed by atoms with van der Waals surface area (Å²) in [6.45, 7) is -0.113. The Morgan fingerprint density at radius 1 is 1.44 bits per heavy atom. The molecule has 0 radical (unpaired) electrons. The molecule has 3 N–H and O–H groups in total. The summed E-state index contributed by atoms with van der Waals surface area (Å²) in [6, 6.07) is 7.14. The van der Waals surface area contributed by atoms with Gasteiger partial charge in [-0.2, -0.15) is 0 Å². The molecule has 0 saturated carbocycles. The normalized spacial score (nSPS) is 12.7. The molecule has 0 aliphatic rings. The number of hydrogen-bond acceptors (Lipinski definition) is 4. The second-order valence-corrected chi connectivity index (χ2v) is 3.57. The van der Waals surface area contributed by atoms with E-state index in [2.05, 4.69) is 4.98 Å². The number of methoxy groups -OCH3 is 1. The van der Waals surface area contributed by atoms with Crippen LogP contribution in [-0.4, -0.2) is 23.8 Å². The Labute approximate surface area is 93.7 Å². The predicted molar refractivity (Wildman–Crippen MR) is 62.3 cm³/mol. The molecule has 0 spiro atoms. The first kappa shape index (κ1) is 10.9. The lowest BCUT2D eigenvalue weighted by atomic mass is 10.1. The first-order valence-corrected chi connectivity index (χ1v) is 5.05. The molecule has 84 valence electrons. The fourth-order valence-corrected chi connectivity index (χ4v) is 1.69. The number of ether oxygens (including phenoxy) is 1. The highest BCUT2D eigenvalue weighted by atomic mass is 16.5. The zero-order valence-corrected chi connectivity index (χ0v) is 9.05. The van der Waals surface area contributed by atoms with Gasteiger partial charge >= 0.3 is 0 Å². The number of nitrogens with zero attached hydrogens (tertiary/aromatic N) is 1. The Morgan fingerprint density at radius 2 is 2.25 bits per heavy atom. The van der Waals surface area contributed by atoms with E-state index < -0.39 is 6.04 Å². The molecule has 1 heterocycles. The van der Waals surface area contributed by atoms with Crippen LogP contribution in [0.25, 0.3) is 10.8 Å². The maximum atomic E-state index is 9.06. The first-order chi connectivity index (χ1) is 7.76. The Bertz CT molecular complexity index is 499. The van der Waals surface area contributed by atoms with Crippen molar-refractivity contribution in [2.75, 3.05) is 13.7 Å². The van der Waals surface area contributed by atoms with Crippen molar-refractivity contribution < 1.29 is 9.84 Å². The topological polar surface area (TPSA) is 68.4 Å². The molecule has 1 atom stereocenters. The van der Waals surface area contributed by atoms with Gasteiger partial charge in [-0.25, -0.2) is 0 Å². The van der Waals surface area contributed by atoms with E-state index in [-0.39, 0.29) is 6.61 Å². The number of aliphatic hydroxyl groups is 1. The molecular weight excluding hydrogens is 204 g/mol. The molecule has 0 bridgehead atoms. The number of nitrogens with two attached hydrogens (primary N) is 1. The molecule has 4 heteroatoms.